The minimum absolute atomic E-state index is 0.0623. The molecule has 5 heteroatoms. The summed E-state index contributed by atoms with van der Waals surface area (Å²) in [5.41, 5.74) is 0. The molecular weight excluding hydrogens is 188 g/mol. The summed E-state index contributed by atoms with van der Waals surface area (Å²) in [6.45, 7) is 1.82. The molecule has 14 heavy (non-hydrogen) atoms. The molecule has 0 aromatic heterocycles. The third-order valence-corrected chi connectivity index (χ3v) is 1.55. The Morgan fingerprint density at radius 1 is 1.07 bits per heavy atom. The predicted octanol–water partition coefficient (Wildman–Crippen LogP) is -0.348. The SMILES string of the molecule is CCCCC(=O)C(=O)C(=O)C(=O)C=O. The van der Waals surface area contributed by atoms with Gasteiger partial charge in [-0.25, -0.2) is 0 Å². The summed E-state index contributed by atoms with van der Waals surface area (Å²) in [6.07, 6.45) is 0.850. The molecule has 0 spiro atoms. The summed E-state index contributed by atoms with van der Waals surface area (Å²) < 4.78 is 0. The lowest BCUT2D eigenvalue weighted by Gasteiger charge is -1.94. The second-order valence-electron chi connectivity index (χ2n) is 2.67. The molecule has 0 radical (unpaired) electrons. The Hall–Kier alpha value is -1.65. The van der Waals surface area contributed by atoms with E-state index in [-0.39, 0.29) is 12.7 Å². The summed E-state index contributed by atoms with van der Waals surface area (Å²) in [4.78, 5) is 52.8. The Morgan fingerprint density at radius 2 is 1.64 bits per heavy atom. The average molecular weight is 198 g/mol. The van der Waals surface area contributed by atoms with E-state index in [4.69, 9.17) is 0 Å². The number of carbonyl (C=O) groups is 5. The third kappa shape index (κ3) is 3.38. The van der Waals surface area contributed by atoms with Gasteiger partial charge >= 0.3 is 0 Å². The fourth-order valence-corrected chi connectivity index (χ4v) is 0.743. The molecule has 0 aromatic rings. The Kier molecular flexibility index (Phi) is 5.21. The topological polar surface area (TPSA) is 85.3 Å². The first-order valence-electron chi connectivity index (χ1n) is 4.15. The van der Waals surface area contributed by atoms with Crippen molar-refractivity contribution in [2.75, 3.05) is 0 Å². The van der Waals surface area contributed by atoms with Gasteiger partial charge in [0.1, 0.15) is 0 Å². The Labute approximate surface area is 80.5 Å². The highest BCUT2D eigenvalue weighted by molar-refractivity contribution is 6.84. The number of carbonyl (C=O) groups excluding carboxylic acids is 5. The number of aldehydes is 1. The Morgan fingerprint density at radius 3 is 2.07 bits per heavy atom. The lowest BCUT2D eigenvalue weighted by atomic mass is 10.1. The van der Waals surface area contributed by atoms with Crippen molar-refractivity contribution in [2.45, 2.75) is 26.2 Å². The highest BCUT2D eigenvalue weighted by Crippen LogP contribution is 1.96. The summed E-state index contributed by atoms with van der Waals surface area (Å²) in [6, 6.07) is 0. The maximum atomic E-state index is 10.9. The molecule has 76 valence electrons. The van der Waals surface area contributed by atoms with Crippen molar-refractivity contribution in [3.8, 4) is 0 Å². The van der Waals surface area contributed by atoms with Crippen molar-refractivity contribution in [1.82, 2.24) is 0 Å². The molecule has 0 amide bonds. The highest BCUT2D eigenvalue weighted by atomic mass is 16.2. The number of Topliss-reactive ketones (excluding diaryl/α,β-unsaturated/α-hetero) is 4. The molecule has 5 nitrogen and oxygen atoms in total. The molecule has 0 bridgehead atoms. The van der Waals surface area contributed by atoms with E-state index in [0.29, 0.717) is 12.8 Å². The number of rotatable bonds is 7. The van der Waals surface area contributed by atoms with Gasteiger partial charge in [-0.15, -0.1) is 0 Å². The van der Waals surface area contributed by atoms with Crippen LogP contribution in [0.25, 0.3) is 0 Å². The third-order valence-electron chi connectivity index (χ3n) is 1.55. The molecule has 0 atom stereocenters. The number of ketones is 4. The normalized spacial score (nSPS) is 9.21. The van der Waals surface area contributed by atoms with Gasteiger partial charge in [-0.2, -0.15) is 0 Å². The number of hydrogen-bond donors (Lipinski definition) is 0. The van der Waals surface area contributed by atoms with E-state index in [9.17, 15) is 24.0 Å². The second kappa shape index (κ2) is 5.90. The van der Waals surface area contributed by atoms with Crippen molar-refractivity contribution < 1.29 is 24.0 Å². The van der Waals surface area contributed by atoms with Gasteiger partial charge in [0.25, 0.3) is 17.3 Å². The van der Waals surface area contributed by atoms with Crippen LogP contribution in [0.1, 0.15) is 26.2 Å². The standard InChI is InChI=1S/C9H10O5/c1-2-3-4-6(11)8(13)9(14)7(12)5-10/h5H,2-4H2,1H3. The first kappa shape index (κ1) is 12.3. The van der Waals surface area contributed by atoms with Crippen molar-refractivity contribution in [3.05, 3.63) is 0 Å². The van der Waals surface area contributed by atoms with E-state index in [1.54, 1.807) is 0 Å². The largest absolute Gasteiger partial charge is 0.294 e. The van der Waals surface area contributed by atoms with Crippen LogP contribution in [0.2, 0.25) is 0 Å². The predicted molar refractivity (Wildman–Crippen MR) is 45.6 cm³/mol. The minimum Gasteiger partial charge on any atom is -0.294 e. The van der Waals surface area contributed by atoms with Gasteiger partial charge in [0.15, 0.2) is 6.29 Å². The fourth-order valence-electron chi connectivity index (χ4n) is 0.743. The smallest absolute Gasteiger partial charge is 0.279 e. The van der Waals surface area contributed by atoms with Crippen LogP contribution >= 0.6 is 0 Å². The van der Waals surface area contributed by atoms with Crippen molar-refractivity contribution in [3.63, 3.8) is 0 Å². The van der Waals surface area contributed by atoms with E-state index >= 15 is 0 Å². The minimum atomic E-state index is -1.54. The quantitative estimate of drug-likeness (QED) is 0.317. The van der Waals surface area contributed by atoms with Gasteiger partial charge in [-0.3, -0.25) is 24.0 Å². The molecule has 0 N–H and O–H groups in total. The van der Waals surface area contributed by atoms with E-state index in [1.807, 2.05) is 6.92 Å². The van der Waals surface area contributed by atoms with Crippen LogP contribution in [0.15, 0.2) is 0 Å². The van der Waals surface area contributed by atoms with Crippen molar-refractivity contribution in [1.29, 1.82) is 0 Å². The maximum absolute atomic E-state index is 10.9. The monoisotopic (exact) mass is 198 g/mol. The summed E-state index contributed by atoms with van der Waals surface area (Å²) in [5.74, 6) is -5.32. The molecule has 0 aliphatic rings. The zero-order valence-corrected chi connectivity index (χ0v) is 7.74. The van der Waals surface area contributed by atoms with Gasteiger partial charge in [-0.05, 0) is 6.42 Å². The molecule has 0 rings (SSSR count). The van der Waals surface area contributed by atoms with Crippen LogP contribution in [-0.4, -0.2) is 29.4 Å². The Bertz CT molecular complexity index is 290. The molecule has 0 aromatic carbocycles. The van der Waals surface area contributed by atoms with E-state index < -0.39 is 23.1 Å². The van der Waals surface area contributed by atoms with Crippen LogP contribution < -0.4 is 0 Å². The van der Waals surface area contributed by atoms with Crippen LogP contribution in [0.3, 0.4) is 0 Å². The maximum Gasteiger partial charge on any atom is 0.279 e. The van der Waals surface area contributed by atoms with Gasteiger partial charge < -0.3 is 0 Å². The van der Waals surface area contributed by atoms with Crippen LogP contribution in [0, 0.1) is 0 Å². The van der Waals surface area contributed by atoms with E-state index in [0.717, 1.165) is 0 Å². The van der Waals surface area contributed by atoms with Gasteiger partial charge in [0.05, 0.1) is 0 Å². The first-order chi connectivity index (χ1) is 6.54. The van der Waals surface area contributed by atoms with Gasteiger partial charge in [0, 0.05) is 6.42 Å². The fraction of sp³-hybridized carbons (Fsp3) is 0.444. The average Bonchev–Trinajstić information content (AvgIpc) is 2.22. The van der Waals surface area contributed by atoms with Gasteiger partial charge in [0.2, 0.25) is 5.78 Å². The lowest BCUT2D eigenvalue weighted by Crippen LogP contribution is -2.30. The number of unbranched alkanes of at least 4 members (excludes halogenated alkanes) is 1. The van der Waals surface area contributed by atoms with E-state index in [2.05, 4.69) is 0 Å². The molecule has 0 aliphatic heterocycles. The van der Waals surface area contributed by atoms with Crippen LogP contribution in [0.5, 0.6) is 0 Å². The van der Waals surface area contributed by atoms with Crippen molar-refractivity contribution >= 4 is 29.4 Å². The van der Waals surface area contributed by atoms with Crippen LogP contribution in [0.4, 0.5) is 0 Å². The molecule has 0 unspecified atom stereocenters. The molecule has 0 fully saturated rings. The molecule has 0 saturated heterocycles. The van der Waals surface area contributed by atoms with Crippen molar-refractivity contribution in [2.24, 2.45) is 0 Å². The van der Waals surface area contributed by atoms with Crippen LogP contribution in [-0.2, 0) is 24.0 Å². The molecule has 0 aliphatic carbocycles. The molecule has 0 heterocycles. The summed E-state index contributed by atoms with van der Waals surface area (Å²) in [7, 11) is 0. The van der Waals surface area contributed by atoms with E-state index in [1.165, 1.54) is 0 Å². The number of hydrogen-bond acceptors (Lipinski definition) is 5. The zero-order valence-electron chi connectivity index (χ0n) is 7.74. The highest BCUT2D eigenvalue weighted by Gasteiger charge is 2.27. The lowest BCUT2D eigenvalue weighted by molar-refractivity contribution is -0.149. The molecule has 0 saturated carbocycles. The Balaban J connectivity index is 4.32. The summed E-state index contributed by atoms with van der Waals surface area (Å²) >= 11 is 0. The van der Waals surface area contributed by atoms with Gasteiger partial charge in [-0.1, -0.05) is 13.3 Å². The summed E-state index contributed by atoms with van der Waals surface area (Å²) in [5, 5.41) is 0. The zero-order chi connectivity index (χ0) is 11.1. The first-order valence-corrected chi connectivity index (χ1v) is 4.15. The molecular formula is C9H10O5. The second-order valence-corrected chi connectivity index (χ2v) is 2.67.